The van der Waals surface area contributed by atoms with Gasteiger partial charge < -0.3 is 9.84 Å². The minimum absolute atomic E-state index is 0.0141. The number of rotatable bonds is 4. The Hall–Kier alpha value is -2.17. The third-order valence-electron chi connectivity index (χ3n) is 3.33. The Bertz CT molecular complexity index is 691. The van der Waals surface area contributed by atoms with Gasteiger partial charge in [0.2, 0.25) is 5.91 Å². The number of hydrogen-bond donors (Lipinski definition) is 1. The first-order valence-electron chi connectivity index (χ1n) is 6.74. The van der Waals surface area contributed by atoms with Crippen molar-refractivity contribution in [3.8, 4) is 0 Å². The fourth-order valence-electron chi connectivity index (χ4n) is 2.14. The molecular weight excluding hydrogens is 256 g/mol. The van der Waals surface area contributed by atoms with Crippen LogP contribution in [-0.4, -0.2) is 11.1 Å². The molecule has 0 fully saturated rings. The molecule has 1 aromatic heterocycles. The molecule has 0 aliphatic carbocycles. The lowest BCUT2D eigenvalue weighted by Gasteiger charge is -2.11. The predicted octanol–water partition coefficient (Wildman–Crippen LogP) is 2.87. The molecule has 2 aromatic rings. The zero-order valence-electron chi connectivity index (χ0n) is 11.9. The van der Waals surface area contributed by atoms with Crippen molar-refractivity contribution in [1.29, 1.82) is 0 Å². The molecule has 1 amide bonds. The minimum atomic E-state index is -0.470. The zero-order valence-corrected chi connectivity index (χ0v) is 11.9. The van der Waals surface area contributed by atoms with Crippen molar-refractivity contribution in [3.05, 3.63) is 34.3 Å². The fourth-order valence-corrected chi connectivity index (χ4v) is 2.14. The molecule has 0 saturated carbocycles. The number of benzene rings is 1. The summed E-state index contributed by atoms with van der Waals surface area (Å²) in [5, 5.41) is 7.72. The van der Waals surface area contributed by atoms with E-state index < -0.39 is 5.63 Å². The number of carbonyl (C=O) groups excluding carboxylic acids is 1. The molecule has 1 atom stereocenters. The van der Waals surface area contributed by atoms with Gasteiger partial charge in [-0.2, -0.15) is 0 Å². The number of amides is 1. The molecule has 1 heterocycles. The Kier molecular flexibility index (Phi) is 4.17. The van der Waals surface area contributed by atoms with Gasteiger partial charge in [-0.05, 0) is 31.5 Å². The van der Waals surface area contributed by atoms with E-state index in [1.165, 1.54) is 0 Å². The first kappa shape index (κ1) is 14.2. The molecule has 2 rings (SSSR count). The molecular formula is C15H18N2O3. The first-order valence-corrected chi connectivity index (χ1v) is 6.74. The number of aryl methyl sites for hydroxylation is 1. The Morgan fingerprint density at radius 3 is 2.85 bits per heavy atom. The molecule has 0 spiro atoms. The van der Waals surface area contributed by atoms with Crippen LogP contribution in [0, 0.1) is 12.8 Å². The maximum atomic E-state index is 12.0. The molecule has 0 aliphatic heterocycles. The molecule has 20 heavy (non-hydrogen) atoms. The minimum Gasteiger partial charge on any atom is -0.326 e. The van der Waals surface area contributed by atoms with E-state index in [-0.39, 0.29) is 11.8 Å². The smallest absolute Gasteiger partial charge is 0.326 e. The van der Waals surface area contributed by atoms with E-state index >= 15 is 0 Å². The highest BCUT2D eigenvalue weighted by Gasteiger charge is 2.13. The molecule has 0 radical (unpaired) electrons. The van der Waals surface area contributed by atoms with E-state index in [0.717, 1.165) is 12.8 Å². The van der Waals surface area contributed by atoms with Gasteiger partial charge in [-0.25, -0.2) is 4.79 Å². The van der Waals surface area contributed by atoms with Gasteiger partial charge in [0.25, 0.3) is 0 Å². The van der Waals surface area contributed by atoms with Gasteiger partial charge >= 0.3 is 5.63 Å². The third kappa shape index (κ3) is 2.87. The Morgan fingerprint density at radius 1 is 1.40 bits per heavy atom. The van der Waals surface area contributed by atoms with E-state index in [4.69, 9.17) is 0 Å². The number of fused-ring (bicyclic) bond motifs is 1. The summed E-state index contributed by atoms with van der Waals surface area (Å²) < 4.78 is 4.67. The largest absolute Gasteiger partial charge is 0.366 e. The standard InChI is InChI=1S/C15H18N2O3/c1-4-5-9(2)14(18)16-11-6-7-12-13(8-11)10(3)17-20-15(12)19/h6-9H,4-5H2,1-3H3,(H,16,18). The van der Waals surface area contributed by atoms with Crippen LogP contribution < -0.4 is 10.9 Å². The quantitative estimate of drug-likeness (QED) is 0.930. The Balaban J connectivity index is 2.31. The van der Waals surface area contributed by atoms with E-state index in [1.54, 1.807) is 25.1 Å². The lowest BCUT2D eigenvalue weighted by atomic mass is 10.1. The van der Waals surface area contributed by atoms with Crippen LogP contribution in [0.4, 0.5) is 5.69 Å². The first-order chi connectivity index (χ1) is 9.52. The summed E-state index contributed by atoms with van der Waals surface area (Å²) in [7, 11) is 0. The van der Waals surface area contributed by atoms with Crippen molar-refractivity contribution >= 4 is 22.4 Å². The molecule has 0 bridgehead atoms. The van der Waals surface area contributed by atoms with Crippen LogP contribution >= 0.6 is 0 Å². The molecule has 5 nitrogen and oxygen atoms in total. The van der Waals surface area contributed by atoms with Crippen molar-refractivity contribution in [1.82, 2.24) is 5.16 Å². The highest BCUT2D eigenvalue weighted by molar-refractivity contribution is 5.95. The summed E-state index contributed by atoms with van der Waals surface area (Å²) in [6, 6.07) is 5.11. The molecule has 106 valence electrons. The van der Waals surface area contributed by atoms with E-state index in [9.17, 15) is 9.59 Å². The number of anilines is 1. The second kappa shape index (κ2) is 5.86. The van der Waals surface area contributed by atoms with Gasteiger partial charge in [-0.15, -0.1) is 0 Å². The molecule has 1 unspecified atom stereocenters. The van der Waals surface area contributed by atoms with Crippen LogP contribution in [0.15, 0.2) is 27.5 Å². The van der Waals surface area contributed by atoms with Crippen molar-refractivity contribution in [3.63, 3.8) is 0 Å². The topological polar surface area (TPSA) is 72.2 Å². The Morgan fingerprint density at radius 2 is 2.15 bits per heavy atom. The van der Waals surface area contributed by atoms with Crippen LogP contribution in [0.3, 0.4) is 0 Å². The van der Waals surface area contributed by atoms with Crippen molar-refractivity contribution in [2.45, 2.75) is 33.6 Å². The number of nitrogens with zero attached hydrogens (tertiary/aromatic N) is 1. The SMILES string of the molecule is CCCC(C)C(=O)Nc1ccc2c(=O)onc(C)c2c1. The average molecular weight is 274 g/mol. The van der Waals surface area contributed by atoms with Crippen molar-refractivity contribution in [2.75, 3.05) is 5.32 Å². The van der Waals surface area contributed by atoms with Crippen molar-refractivity contribution in [2.24, 2.45) is 5.92 Å². The summed E-state index contributed by atoms with van der Waals surface area (Å²) >= 11 is 0. The van der Waals surface area contributed by atoms with Gasteiger partial charge in [0.15, 0.2) is 0 Å². The third-order valence-corrected chi connectivity index (χ3v) is 3.33. The number of hydrogen-bond acceptors (Lipinski definition) is 4. The maximum absolute atomic E-state index is 12.0. The van der Waals surface area contributed by atoms with Crippen molar-refractivity contribution < 1.29 is 9.32 Å². The summed E-state index contributed by atoms with van der Waals surface area (Å²) in [6.45, 7) is 5.71. The normalized spacial score (nSPS) is 12.3. The van der Waals surface area contributed by atoms with Gasteiger partial charge in [-0.1, -0.05) is 25.4 Å². The highest BCUT2D eigenvalue weighted by atomic mass is 16.5. The number of carbonyl (C=O) groups is 1. The van der Waals surface area contributed by atoms with Crippen LogP contribution in [0.2, 0.25) is 0 Å². The van der Waals surface area contributed by atoms with Gasteiger partial charge in [0, 0.05) is 17.0 Å². The van der Waals surface area contributed by atoms with Gasteiger partial charge in [-0.3, -0.25) is 4.79 Å². The summed E-state index contributed by atoms with van der Waals surface area (Å²) in [5.74, 6) is -0.0458. The predicted molar refractivity (Wildman–Crippen MR) is 77.7 cm³/mol. The lowest BCUT2D eigenvalue weighted by Crippen LogP contribution is -2.20. The highest BCUT2D eigenvalue weighted by Crippen LogP contribution is 2.19. The number of nitrogens with one attached hydrogen (secondary N) is 1. The van der Waals surface area contributed by atoms with Gasteiger partial charge in [0.05, 0.1) is 11.1 Å². The molecule has 5 heteroatoms. The molecule has 0 saturated heterocycles. The van der Waals surface area contributed by atoms with Crippen LogP contribution in [-0.2, 0) is 4.79 Å². The van der Waals surface area contributed by atoms with E-state index in [0.29, 0.717) is 22.2 Å². The maximum Gasteiger partial charge on any atom is 0.366 e. The van der Waals surface area contributed by atoms with E-state index in [1.807, 2.05) is 13.8 Å². The number of aromatic nitrogens is 1. The average Bonchev–Trinajstić information content (AvgIpc) is 2.43. The molecule has 0 aliphatic rings. The summed E-state index contributed by atoms with van der Waals surface area (Å²) in [6.07, 6.45) is 1.82. The second-order valence-corrected chi connectivity index (χ2v) is 4.99. The van der Waals surface area contributed by atoms with Crippen LogP contribution in [0.5, 0.6) is 0 Å². The lowest BCUT2D eigenvalue weighted by molar-refractivity contribution is -0.119. The summed E-state index contributed by atoms with van der Waals surface area (Å²) in [5.41, 5.74) is 0.820. The fraction of sp³-hybridized carbons (Fsp3) is 0.400. The monoisotopic (exact) mass is 274 g/mol. The molecule has 1 N–H and O–H groups in total. The van der Waals surface area contributed by atoms with Crippen LogP contribution in [0.25, 0.3) is 10.8 Å². The van der Waals surface area contributed by atoms with Crippen LogP contribution in [0.1, 0.15) is 32.4 Å². The van der Waals surface area contributed by atoms with E-state index in [2.05, 4.69) is 15.0 Å². The molecule has 1 aromatic carbocycles. The zero-order chi connectivity index (χ0) is 14.7. The Labute approximate surface area is 117 Å². The van der Waals surface area contributed by atoms with Gasteiger partial charge in [0.1, 0.15) is 0 Å². The summed E-state index contributed by atoms with van der Waals surface area (Å²) in [4.78, 5) is 23.5. The second-order valence-electron chi connectivity index (χ2n) is 4.99.